The summed E-state index contributed by atoms with van der Waals surface area (Å²) in [5.74, 6) is 1.62. The molecule has 0 N–H and O–H groups in total. The molecule has 0 spiro atoms. The summed E-state index contributed by atoms with van der Waals surface area (Å²) in [4.78, 5) is 14.7. The smallest absolute Gasteiger partial charge is 0.223 e. The van der Waals surface area contributed by atoms with Crippen LogP contribution in [0.15, 0.2) is 42.5 Å². The van der Waals surface area contributed by atoms with E-state index in [0.29, 0.717) is 31.5 Å². The highest BCUT2D eigenvalue weighted by molar-refractivity contribution is 5.76. The Labute approximate surface area is 161 Å². The Kier molecular flexibility index (Phi) is 7.69. The zero-order chi connectivity index (χ0) is 19.6. The normalized spacial score (nSPS) is 10.1. The number of benzene rings is 2. The van der Waals surface area contributed by atoms with Crippen LogP contribution in [0.1, 0.15) is 36.5 Å². The predicted molar refractivity (Wildman–Crippen MR) is 105 cm³/mol. The van der Waals surface area contributed by atoms with Crippen molar-refractivity contribution in [3.63, 3.8) is 0 Å². The zero-order valence-electron chi connectivity index (χ0n) is 16.2. The molecule has 0 saturated carbocycles. The van der Waals surface area contributed by atoms with E-state index in [4.69, 9.17) is 14.7 Å². The van der Waals surface area contributed by atoms with E-state index in [0.717, 1.165) is 29.0 Å². The second kappa shape index (κ2) is 10.2. The summed E-state index contributed by atoms with van der Waals surface area (Å²) in [6, 6.07) is 15.1. The number of amides is 1. The van der Waals surface area contributed by atoms with Crippen LogP contribution in [-0.4, -0.2) is 31.6 Å². The fraction of sp³-hybridized carbons (Fsp3) is 0.364. The monoisotopic (exact) mass is 366 g/mol. The minimum Gasteiger partial charge on any atom is -0.497 e. The molecule has 27 heavy (non-hydrogen) atoms. The highest BCUT2D eigenvalue weighted by atomic mass is 16.5. The van der Waals surface area contributed by atoms with Gasteiger partial charge >= 0.3 is 0 Å². The summed E-state index contributed by atoms with van der Waals surface area (Å²) in [5, 5.41) is 8.91. The third-order valence-electron chi connectivity index (χ3n) is 4.40. The number of nitrogens with zero attached hydrogens (tertiary/aromatic N) is 2. The molecule has 2 aromatic rings. The molecule has 0 atom stereocenters. The lowest BCUT2D eigenvalue weighted by Crippen LogP contribution is -2.31. The van der Waals surface area contributed by atoms with Crippen LogP contribution in [-0.2, 0) is 17.8 Å². The fourth-order valence-electron chi connectivity index (χ4n) is 2.94. The lowest BCUT2D eigenvalue weighted by Gasteiger charge is -2.22. The first-order valence-corrected chi connectivity index (χ1v) is 9.09. The summed E-state index contributed by atoms with van der Waals surface area (Å²) >= 11 is 0. The summed E-state index contributed by atoms with van der Waals surface area (Å²) < 4.78 is 10.7. The molecule has 0 aliphatic carbocycles. The molecule has 2 aromatic carbocycles. The van der Waals surface area contributed by atoms with Crippen molar-refractivity contribution >= 4 is 5.91 Å². The largest absolute Gasteiger partial charge is 0.497 e. The van der Waals surface area contributed by atoms with Crippen molar-refractivity contribution in [3.05, 3.63) is 59.2 Å². The lowest BCUT2D eigenvalue weighted by molar-refractivity contribution is -0.131. The van der Waals surface area contributed by atoms with Crippen LogP contribution in [0.4, 0.5) is 0 Å². The summed E-state index contributed by atoms with van der Waals surface area (Å²) in [7, 11) is 3.25. The van der Waals surface area contributed by atoms with Gasteiger partial charge in [0.25, 0.3) is 0 Å². The number of aryl methyl sites for hydroxylation is 1. The van der Waals surface area contributed by atoms with E-state index in [1.807, 2.05) is 35.2 Å². The zero-order valence-corrected chi connectivity index (χ0v) is 16.2. The van der Waals surface area contributed by atoms with Crippen molar-refractivity contribution in [2.45, 2.75) is 32.7 Å². The van der Waals surface area contributed by atoms with Gasteiger partial charge < -0.3 is 14.4 Å². The fourth-order valence-corrected chi connectivity index (χ4v) is 2.94. The van der Waals surface area contributed by atoms with E-state index >= 15 is 0 Å². The Morgan fingerprint density at radius 3 is 2.44 bits per heavy atom. The van der Waals surface area contributed by atoms with Gasteiger partial charge in [-0.25, -0.2) is 0 Å². The molecule has 0 aromatic heterocycles. The minimum absolute atomic E-state index is 0.103. The lowest BCUT2D eigenvalue weighted by atomic mass is 10.1. The maximum absolute atomic E-state index is 12.8. The molecular formula is C22H26N2O3. The van der Waals surface area contributed by atoms with Gasteiger partial charge in [-0.15, -0.1) is 0 Å². The van der Waals surface area contributed by atoms with Gasteiger partial charge in [0, 0.05) is 19.5 Å². The SMILES string of the molecule is CCCN(Cc1ccc(C#N)cc1)C(=O)CCc1cc(OC)ccc1OC. The number of hydrogen-bond donors (Lipinski definition) is 0. The Morgan fingerprint density at radius 1 is 1.11 bits per heavy atom. The van der Waals surface area contributed by atoms with Crippen LogP contribution in [0.5, 0.6) is 11.5 Å². The van der Waals surface area contributed by atoms with Gasteiger partial charge in [-0.05, 0) is 54.3 Å². The van der Waals surface area contributed by atoms with Crippen molar-refractivity contribution in [2.24, 2.45) is 0 Å². The van der Waals surface area contributed by atoms with Gasteiger partial charge in [0.1, 0.15) is 11.5 Å². The summed E-state index contributed by atoms with van der Waals surface area (Å²) in [5.41, 5.74) is 2.60. The van der Waals surface area contributed by atoms with E-state index in [-0.39, 0.29) is 5.91 Å². The van der Waals surface area contributed by atoms with Crippen molar-refractivity contribution in [1.82, 2.24) is 4.90 Å². The van der Waals surface area contributed by atoms with Crippen LogP contribution < -0.4 is 9.47 Å². The number of nitriles is 1. The van der Waals surface area contributed by atoms with E-state index in [9.17, 15) is 4.79 Å². The molecule has 0 radical (unpaired) electrons. The number of carbonyl (C=O) groups is 1. The van der Waals surface area contributed by atoms with Gasteiger partial charge in [-0.2, -0.15) is 5.26 Å². The van der Waals surface area contributed by atoms with Crippen LogP contribution in [0, 0.1) is 11.3 Å². The number of ether oxygens (including phenoxy) is 2. The Morgan fingerprint density at radius 2 is 1.85 bits per heavy atom. The second-order valence-electron chi connectivity index (χ2n) is 6.30. The highest BCUT2D eigenvalue weighted by Gasteiger charge is 2.15. The van der Waals surface area contributed by atoms with Crippen molar-refractivity contribution in [2.75, 3.05) is 20.8 Å². The molecule has 0 aliphatic rings. The minimum atomic E-state index is 0.103. The molecule has 0 saturated heterocycles. The van der Waals surface area contributed by atoms with Gasteiger partial charge in [0.2, 0.25) is 5.91 Å². The molecular weight excluding hydrogens is 340 g/mol. The third-order valence-corrected chi connectivity index (χ3v) is 4.40. The van der Waals surface area contributed by atoms with Gasteiger partial charge in [0.05, 0.1) is 25.9 Å². The number of hydrogen-bond acceptors (Lipinski definition) is 4. The summed E-state index contributed by atoms with van der Waals surface area (Å²) in [6.07, 6.45) is 1.89. The topological polar surface area (TPSA) is 62.6 Å². The average molecular weight is 366 g/mol. The van der Waals surface area contributed by atoms with Gasteiger partial charge in [0.15, 0.2) is 0 Å². The predicted octanol–water partition coefficient (Wildman–Crippen LogP) is 3.95. The first kappa shape index (κ1) is 20.3. The number of rotatable bonds is 9. The quantitative estimate of drug-likeness (QED) is 0.674. The van der Waals surface area contributed by atoms with Crippen molar-refractivity contribution in [1.29, 1.82) is 5.26 Å². The molecule has 1 amide bonds. The van der Waals surface area contributed by atoms with Crippen LogP contribution in [0.2, 0.25) is 0 Å². The molecule has 5 heteroatoms. The second-order valence-corrected chi connectivity index (χ2v) is 6.30. The summed E-state index contributed by atoms with van der Waals surface area (Å²) in [6.45, 7) is 3.31. The Bertz CT molecular complexity index is 794. The highest BCUT2D eigenvalue weighted by Crippen LogP contribution is 2.25. The molecule has 0 heterocycles. The number of carbonyl (C=O) groups excluding carboxylic acids is 1. The first-order chi connectivity index (χ1) is 13.1. The molecule has 2 rings (SSSR count). The maximum Gasteiger partial charge on any atom is 0.223 e. The van der Waals surface area contributed by atoms with Gasteiger partial charge in [-0.1, -0.05) is 19.1 Å². The molecule has 0 bridgehead atoms. The molecule has 5 nitrogen and oxygen atoms in total. The van der Waals surface area contributed by atoms with E-state index < -0.39 is 0 Å². The third kappa shape index (κ3) is 5.75. The number of methoxy groups -OCH3 is 2. The van der Waals surface area contributed by atoms with E-state index in [1.54, 1.807) is 26.4 Å². The molecule has 0 fully saturated rings. The van der Waals surface area contributed by atoms with E-state index in [2.05, 4.69) is 13.0 Å². The molecule has 142 valence electrons. The van der Waals surface area contributed by atoms with Gasteiger partial charge in [-0.3, -0.25) is 4.79 Å². The maximum atomic E-state index is 12.8. The van der Waals surface area contributed by atoms with E-state index in [1.165, 1.54) is 0 Å². The van der Waals surface area contributed by atoms with Crippen LogP contribution in [0.3, 0.4) is 0 Å². The first-order valence-electron chi connectivity index (χ1n) is 9.09. The van der Waals surface area contributed by atoms with Crippen LogP contribution >= 0.6 is 0 Å². The standard InChI is InChI=1S/C22H26N2O3/c1-4-13-24(16-18-7-5-17(15-23)6-8-18)22(25)12-9-19-14-20(26-2)10-11-21(19)27-3/h5-8,10-11,14H,4,9,12-13,16H2,1-3H3. The average Bonchev–Trinajstić information content (AvgIpc) is 2.71. The Balaban J connectivity index is 2.05. The van der Waals surface area contributed by atoms with Crippen molar-refractivity contribution < 1.29 is 14.3 Å². The van der Waals surface area contributed by atoms with Crippen molar-refractivity contribution in [3.8, 4) is 17.6 Å². The molecule has 0 aliphatic heterocycles. The Hall–Kier alpha value is -3.00. The molecule has 0 unspecified atom stereocenters. The van der Waals surface area contributed by atoms with Crippen LogP contribution in [0.25, 0.3) is 0 Å².